The normalized spacial score (nSPS) is 20.8. The third-order valence-electron chi connectivity index (χ3n) is 5.61. The molecule has 3 aliphatic heterocycles. The lowest BCUT2D eigenvalue weighted by Gasteiger charge is -2.34. The SMILES string of the molecule is O=C(ON1C(=O)CCC1=O)N1CCN(Cc2ccc(N3CCOCC3)cc2F)CC1. The number of piperazine rings is 1. The topological polar surface area (TPSA) is 82.6 Å². The lowest BCUT2D eigenvalue weighted by molar-refractivity contribution is -0.174. The lowest BCUT2D eigenvalue weighted by Crippen LogP contribution is -2.50. The molecule has 0 radical (unpaired) electrons. The standard InChI is InChI=1S/C20H25FN4O5/c21-17-13-16(23-9-11-29-12-10-23)2-1-15(17)14-22-5-7-24(8-6-22)20(28)30-25-18(26)3-4-19(25)27/h1-2,13H,3-12,14H2. The predicted octanol–water partition coefficient (Wildman–Crippen LogP) is 0.980. The number of carbonyl (C=O) groups excluding carboxylic acids is 3. The number of rotatable bonds is 4. The third-order valence-corrected chi connectivity index (χ3v) is 5.61. The van der Waals surface area contributed by atoms with Gasteiger partial charge < -0.3 is 19.4 Å². The van der Waals surface area contributed by atoms with Crippen LogP contribution in [0.25, 0.3) is 0 Å². The molecule has 3 fully saturated rings. The van der Waals surface area contributed by atoms with E-state index in [0.29, 0.717) is 56.6 Å². The summed E-state index contributed by atoms with van der Waals surface area (Å²) in [5.74, 6) is -1.24. The van der Waals surface area contributed by atoms with Crippen molar-refractivity contribution in [3.8, 4) is 0 Å². The number of morpholine rings is 1. The van der Waals surface area contributed by atoms with E-state index in [2.05, 4.69) is 9.80 Å². The minimum absolute atomic E-state index is 0.0653. The molecule has 3 aliphatic rings. The van der Waals surface area contributed by atoms with Crippen LogP contribution in [-0.4, -0.2) is 85.3 Å². The number of anilines is 1. The maximum absolute atomic E-state index is 14.6. The van der Waals surface area contributed by atoms with Gasteiger partial charge in [0.05, 0.1) is 13.2 Å². The van der Waals surface area contributed by atoms with Gasteiger partial charge in [-0.15, -0.1) is 5.06 Å². The van der Waals surface area contributed by atoms with Crippen LogP contribution in [0.3, 0.4) is 0 Å². The van der Waals surface area contributed by atoms with Crippen LogP contribution in [0.5, 0.6) is 0 Å². The number of hydrogen-bond acceptors (Lipinski definition) is 7. The number of carbonyl (C=O) groups is 3. The largest absolute Gasteiger partial charge is 0.434 e. The number of hydroxylamine groups is 2. The number of amides is 3. The van der Waals surface area contributed by atoms with Crippen molar-refractivity contribution in [3.05, 3.63) is 29.6 Å². The van der Waals surface area contributed by atoms with Crippen molar-refractivity contribution in [2.24, 2.45) is 0 Å². The summed E-state index contributed by atoms with van der Waals surface area (Å²) in [4.78, 5) is 45.9. The molecule has 0 aliphatic carbocycles. The Hall–Kier alpha value is -2.72. The van der Waals surface area contributed by atoms with Gasteiger partial charge >= 0.3 is 6.09 Å². The van der Waals surface area contributed by atoms with Crippen LogP contribution in [0.15, 0.2) is 18.2 Å². The van der Waals surface area contributed by atoms with E-state index in [1.54, 1.807) is 6.07 Å². The Morgan fingerprint density at radius 3 is 2.30 bits per heavy atom. The molecule has 0 N–H and O–H groups in total. The zero-order chi connectivity index (χ0) is 21.1. The number of hydrogen-bond donors (Lipinski definition) is 0. The number of benzene rings is 1. The lowest BCUT2D eigenvalue weighted by atomic mass is 10.1. The van der Waals surface area contributed by atoms with Crippen molar-refractivity contribution in [1.29, 1.82) is 0 Å². The first-order valence-corrected chi connectivity index (χ1v) is 10.2. The van der Waals surface area contributed by atoms with Gasteiger partial charge in [-0.3, -0.25) is 14.5 Å². The van der Waals surface area contributed by atoms with Gasteiger partial charge in [-0.1, -0.05) is 6.07 Å². The molecular weight excluding hydrogens is 395 g/mol. The average molecular weight is 420 g/mol. The monoisotopic (exact) mass is 420 g/mol. The summed E-state index contributed by atoms with van der Waals surface area (Å²) >= 11 is 0. The number of ether oxygens (including phenoxy) is 1. The molecule has 3 heterocycles. The minimum Gasteiger partial charge on any atom is -0.378 e. The Bertz CT molecular complexity index is 805. The molecule has 4 rings (SSSR count). The fraction of sp³-hybridized carbons (Fsp3) is 0.550. The van der Waals surface area contributed by atoms with E-state index in [0.717, 1.165) is 18.8 Å². The van der Waals surface area contributed by atoms with Crippen molar-refractivity contribution in [2.75, 3.05) is 57.4 Å². The molecule has 3 saturated heterocycles. The van der Waals surface area contributed by atoms with Crippen LogP contribution >= 0.6 is 0 Å². The zero-order valence-electron chi connectivity index (χ0n) is 16.7. The molecule has 3 amide bonds. The summed E-state index contributed by atoms with van der Waals surface area (Å²) in [6, 6.07) is 5.31. The fourth-order valence-electron chi connectivity index (χ4n) is 3.81. The number of halogens is 1. The van der Waals surface area contributed by atoms with Gasteiger partial charge in [0.1, 0.15) is 5.82 Å². The molecule has 0 unspecified atom stereocenters. The van der Waals surface area contributed by atoms with Crippen LogP contribution in [-0.2, 0) is 25.7 Å². The highest BCUT2D eigenvalue weighted by Crippen LogP contribution is 2.21. The molecular formula is C20H25FN4O5. The number of nitrogens with zero attached hydrogens (tertiary/aromatic N) is 4. The Kier molecular flexibility index (Phi) is 6.14. The van der Waals surface area contributed by atoms with E-state index >= 15 is 0 Å². The second-order valence-electron chi connectivity index (χ2n) is 7.58. The first-order chi connectivity index (χ1) is 14.5. The highest BCUT2D eigenvalue weighted by Gasteiger charge is 2.34. The van der Waals surface area contributed by atoms with E-state index in [1.807, 2.05) is 12.1 Å². The quantitative estimate of drug-likeness (QED) is 0.672. The van der Waals surface area contributed by atoms with Gasteiger partial charge in [0.2, 0.25) is 0 Å². The highest BCUT2D eigenvalue weighted by molar-refractivity contribution is 6.01. The average Bonchev–Trinajstić information content (AvgIpc) is 3.08. The first-order valence-electron chi connectivity index (χ1n) is 10.2. The summed E-state index contributed by atoms with van der Waals surface area (Å²) in [7, 11) is 0. The van der Waals surface area contributed by atoms with E-state index in [1.165, 1.54) is 4.90 Å². The third kappa shape index (κ3) is 4.54. The van der Waals surface area contributed by atoms with Gasteiger partial charge in [-0.25, -0.2) is 9.18 Å². The molecule has 0 atom stereocenters. The van der Waals surface area contributed by atoms with E-state index in [4.69, 9.17) is 9.57 Å². The Labute approximate surface area is 173 Å². The van der Waals surface area contributed by atoms with Crippen LogP contribution < -0.4 is 4.90 Å². The zero-order valence-corrected chi connectivity index (χ0v) is 16.7. The summed E-state index contributed by atoms with van der Waals surface area (Å²) < 4.78 is 20.0. The summed E-state index contributed by atoms with van der Waals surface area (Å²) in [5.41, 5.74) is 1.47. The Morgan fingerprint density at radius 1 is 1.00 bits per heavy atom. The van der Waals surface area contributed by atoms with Crippen LogP contribution in [0, 0.1) is 5.82 Å². The molecule has 0 bridgehead atoms. The molecule has 9 nitrogen and oxygen atoms in total. The van der Waals surface area contributed by atoms with Gasteiger partial charge in [-0.05, 0) is 12.1 Å². The smallest absolute Gasteiger partial charge is 0.378 e. The van der Waals surface area contributed by atoms with Crippen LogP contribution in [0.4, 0.5) is 14.9 Å². The first kappa shape index (κ1) is 20.5. The molecule has 10 heteroatoms. The summed E-state index contributed by atoms with van der Waals surface area (Å²) in [5, 5.41) is 0.556. The molecule has 162 valence electrons. The molecule has 0 saturated carbocycles. The molecule has 0 aromatic heterocycles. The maximum Gasteiger partial charge on any atom is 0.434 e. The van der Waals surface area contributed by atoms with Gasteiger partial charge in [0.25, 0.3) is 11.8 Å². The second-order valence-corrected chi connectivity index (χ2v) is 7.58. The van der Waals surface area contributed by atoms with Crippen molar-refractivity contribution in [2.45, 2.75) is 19.4 Å². The molecule has 0 spiro atoms. The molecule has 1 aromatic carbocycles. The highest BCUT2D eigenvalue weighted by atomic mass is 19.1. The summed E-state index contributed by atoms with van der Waals surface area (Å²) in [6.45, 7) is 5.10. The van der Waals surface area contributed by atoms with E-state index < -0.39 is 17.9 Å². The molecule has 30 heavy (non-hydrogen) atoms. The van der Waals surface area contributed by atoms with E-state index in [-0.39, 0.29) is 18.7 Å². The van der Waals surface area contributed by atoms with Gasteiger partial charge in [0.15, 0.2) is 0 Å². The van der Waals surface area contributed by atoms with Crippen molar-refractivity contribution in [3.63, 3.8) is 0 Å². The van der Waals surface area contributed by atoms with Crippen LogP contribution in [0.2, 0.25) is 0 Å². The molecule has 1 aromatic rings. The van der Waals surface area contributed by atoms with Crippen LogP contribution in [0.1, 0.15) is 18.4 Å². The van der Waals surface area contributed by atoms with Gasteiger partial charge in [-0.2, -0.15) is 0 Å². The van der Waals surface area contributed by atoms with Crippen molar-refractivity contribution >= 4 is 23.6 Å². The Morgan fingerprint density at radius 2 is 1.67 bits per heavy atom. The van der Waals surface area contributed by atoms with E-state index in [9.17, 15) is 18.8 Å². The van der Waals surface area contributed by atoms with Crippen molar-refractivity contribution < 1.29 is 28.3 Å². The minimum atomic E-state index is -0.709. The van der Waals surface area contributed by atoms with Crippen molar-refractivity contribution in [1.82, 2.24) is 14.9 Å². The second kappa shape index (κ2) is 8.97. The maximum atomic E-state index is 14.6. The number of imide groups is 1. The van der Waals surface area contributed by atoms with Gasteiger partial charge in [0, 0.05) is 69.9 Å². The predicted molar refractivity (Wildman–Crippen MR) is 104 cm³/mol. The summed E-state index contributed by atoms with van der Waals surface area (Å²) in [6.07, 6.45) is -0.578. The fourth-order valence-corrected chi connectivity index (χ4v) is 3.81. The Balaban J connectivity index is 1.28.